The van der Waals surface area contributed by atoms with Gasteiger partial charge in [0.15, 0.2) is 0 Å². The van der Waals surface area contributed by atoms with Crippen molar-refractivity contribution in [1.82, 2.24) is 0 Å². The largest absolute Gasteiger partial charge is 0.507 e. The molecule has 1 unspecified atom stereocenters. The molecule has 1 atom stereocenters. The SMILES string of the molecule is C=C(CCC=C(C)C)C(O)Cc1c(O)c(CC=C(C)C)c(O)c(C(=O)c2ccccc2)c1O. The van der Waals surface area contributed by atoms with Gasteiger partial charge in [-0.1, -0.05) is 60.2 Å². The molecule has 5 nitrogen and oxygen atoms in total. The molecule has 2 aromatic rings. The molecule has 0 spiro atoms. The van der Waals surface area contributed by atoms with Crippen LogP contribution < -0.4 is 0 Å². The number of phenols is 3. The second-order valence-corrected chi connectivity index (χ2v) is 8.76. The summed E-state index contributed by atoms with van der Waals surface area (Å²) in [4.78, 5) is 13.2. The van der Waals surface area contributed by atoms with E-state index in [2.05, 4.69) is 6.58 Å². The molecule has 176 valence electrons. The number of rotatable bonds is 10. The lowest BCUT2D eigenvalue weighted by molar-refractivity contribution is 0.103. The van der Waals surface area contributed by atoms with Gasteiger partial charge >= 0.3 is 0 Å². The summed E-state index contributed by atoms with van der Waals surface area (Å²) in [5, 5.41) is 43.4. The highest BCUT2D eigenvalue weighted by Gasteiger charge is 2.29. The molecule has 2 rings (SSSR count). The van der Waals surface area contributed by atoms with Gasteiger partial charge in [0.2, 0.25) is 5.78 Å². The van der Waals surface area contributed by atoms with E-state index in [1.807, 2.05) is 33.8 Å². The first-order valence-corrected chi connectivity index (χ1v) is 11.0. The topological polar surface area (TPSA) is 98.0 Å². The molecule has 0 bridgehead atoms. The van der Waals surface area contributed by atoms with E-state index in [4.69, 9.17) is 0 Å². The molecule has 0 heterocycles. The molecule has 0 amide bonds. The molecule has 0 radical (unpaired) electrons. The van der Waals surface area contributed by atoms with Crippen molar-refractivity contribution in [2.75, 3.05) is 0 Å². The average Bonchev–Trinajstić information content (AvgIpc) is 2.76. The average molecular weight is 451 g/mol. The van der Waals surface area contributed by atoms with E-state index in [1.54, 1.807) is 36.4 Å². The number of aliphatic hydroxyl groups excluding tert-OH is 1. The Labute approximate surface area is 196 Å². The zero-order valence-electron chi connectivity index (χ0n) is 19.9. The number of hydrogen-bond acceptors (Lipinski definition) is 5. The fraction of sp³-hybridized carbons (Fsp3) is 0.321. The summed E-state index contributed by atoms with van der Waals surface area (Å²) >= 11 is 0. The van der Waals surface area contributed by atoms with E-state index in [1.165, 1.54) is 5.57 Å². The van der Waals surface area contributed by atoms with Gasteiger partial charge in [-0.2, -0.15) is 0 Å². The summed E-state index contributed by atoms with van der Waals surface area (Å²) in [5.74, 6) is -1.89. The van der Waals surface area contributed by atoms with Crippen molar-refractivity contribution in [3.63, 3.8) is 0 Å². The molecule has 33 heavy (non-hydrogen) atoms. The molecule has 0 aromatic heterocycles. The van der Waals surface area contributed by atoms with Crippen LogP contribution in [0.2, 0.25) is 0 Å². The van der Waals surface area contributed by atoms with E-state index in [0.717, 1.165) is 12.0 Å². The predicted molar refractivity (Wildman–Crippen MR) is 132 cm³/mol. The number of hydrogen-bond donors (Lipinski definition) is 4. The van der Waals surface area contributed by atoms with Crippen molar-refractivity contribution < 1.29 is 25.2 Å². The third-order valence-corrected chi connectivity index (χ3v) is 5.48. The van der Waals surface area contributed by atoms with Crippen LogP contribution in [0.15, 0.2) is 65.8 Å². The minimum Gasteiger partial charge on any atom is -0.507 e. The molecule has 0 aliphatic rings. The highest BCUT2D eigenvalue weighted by Crippen LogP contribution is 2.44. The van der Waals surface area contributed by atoms with E-state index in [0.29, 0.717) is 17.6 Å². The Bertz CT molecular complexity index is 1070. The van der Waals surface area contributed by atoms with Gasteiger partial charge in [0.25, 0.3) is 0 Å². The summed E-state index contributed by atoms with van der Waals surface area (Å²) < 4.78 is 0. The maximum absolute atomic E-state index is 13.2. The van der Waals surface area contributed by atoms with Gasteiger partial charge in [-0.05, 0) is 52.5 Å². The third kappa shape index (κ3) is 6.59. The van der Waals surface area contributed by atoms with Gasteiger partial charge < -0.3 is 20.4 Å². The lowest BCUT2D eigenvalue weighted by atomic mass is 9.89. The second-order valence-electron chi connectivity index (χ2n) is 8.76. The summed E-state index contributed by atoms with van der Waals surface area (Å²) in [6.07, 6.45) is 4.11. The van der Waals surface area contributed by atoms with Crippen molar-refractivity contribution in [2.24, 2.45) is 0 Å². The normalized spacial score (nSPS) is 11.5. The van der Waals surface area contributed by atoms with Crippen molar-refractivity contribution in [3.8, 4) is 17.2 Å². The van der Waals surface area contributed by atoms with Crippen molar-refractivity contribution in [1.29, 1.82) is 0 Å². The number of carbonyl (C=O) groups is 1. The van der Waals surface area contributed by atoms with E-state index in [9.17, 15) is 25.2 Å². The van der Waals surface area contributed by atoms with Crippen LogP contribution in [-0.2, 0) is 12.8 Å². The van der Waals surface area contributed by atoms with Crippen molar-refractivity contribution >= 4 is 5.78 Å². The summed E-state index contributed by atoms with van der Waals surface area (Å²) in [6, 6.07) is 8.31. The van der Waals surface area contributed by atoms with Crippen molar-refractivity contribution in [2.45, 2.75) is 59.5 Å². The van der Waals surface area contributed by atoms with Crippen LogP contribution >= 0.6 is 0 Å². The predicted octanol–water partition coefficient (Wildman–Crippen LogP) is 5.75. The molecule has 0 saturated heterocycles. The maximum atomic E-state index is 13.2. The fourth-order valence-electron chi connectivity index (χ4n) is 3.51. The lowest BCUT2D eigenvalue weighted by Gasteiger charge is -2.20. The van der Waals surface area contributed by atoms with Crippen LogP contribution in [0.3, 0.4) is 0 Å². The van der Waals surface area contributed by atoms with Crippen LogP contribution in [0.4, 0.5) is 0 Å². The van der Waals surface area contributed by atoms with Gasteiger partial charge in [-0.25, -0.2) is 0 Å². The molecular weight excluding hydrogens is 416 g/mol. The van der Waals surface area contributed by atoms with Gasteiger partial charge in [-0.3, -0.25) is 4.79 Å². The second kappa shape index (κ2) is 11.5. The first-order chi connectivity index (χ1) is 15.5. The first-order valence-electron chi connectivity index (χ1n) is 11.0. The molecule has 5 heteroatoms. The lowest BCUT2D eigenvalue weighted by Crippen LogP contribution is -2.15. The highest BCUT2D eigenvalue weighted by atomic mass is 16.3. The fourth-order valence-corrected chi connectivity index (χ4v) is 3.51. The number of ketones is 1. The van der Waals surface area contributed by atoms with Crippen LogP contribution in [0, 0.1) is 0 Å². The van der Waals surface area contributed by atoms with Gasteiger partial charge in [0, 0.05) is 23.1 Å². The highest BCUT2D eigenvalue weighted by molar-refractivity contribution is 6.13. The number of aliphatic hydroxyl groups is 1. The molecule has 0 aliphatic carbocycles. The molecule has 2 aromatic carbocycles. The summed E-state index contributed by atoms with van der Waals surface area (Å²) in [6.45, 7) is 11.7. The zero-order chi connectivity index (χ0) is 24.7. The van der Waals surface area contributed by atoms with Gasteiger partial charge in [0.1, 0.15) is 22.8 Å². The summed E-state index contributed by atoms with van der Waals surface area (Å²) in [7, 11) is 0. The van der Waals surface area contributed by atoms with Crippen LogP contribution in [0.5, 0.6) is 17.2 Å². The Morgan fingerprint density at radius 3 is 2.06 bits per heavy atom. The number of carbonyl (C=O) groups excluding carboxylic acids is 1. The Kier molecular flexibility index (Phi) is 9.06. The Morgan fingerprint density at radius 1 is 0.909 bits per heavy atom. The number of benzene rings is 2. The van der Waals surface area contributed by atoms with E-state index >= 15 is 0 Å². The monoisotopic (exact) mass is 450 g/mol. The van der Waals surface area contributed by atoms with Crippen LogP contribution in [-0.4, -0.2) is 32.3 Å². The Hall–Kier alpha value is -3.31. The van der Waals surface area contributed by atoms with Gasteiger partial charge in [-0.15, -0.1) is 0 Å². The van der Waals surface area contributed by atoms with E-state index < -0.39 is 23.4 Å². The minimum atomic E-state index is -1.03. The number of phenolic OH excluding ortho intramolecular Hbond substituents is 3. The molecular formula is C28H34O5. The van der Waals surface area contributed by atoms with Gasteiger partial charge in [0.05, 0.1) is 6.10 Å². The molecule has 0 saturated carbocycles. The zero-order valence-corrected chi connectivity index (χ0v) is 19.9. The number of allylic oxidation sites excluding steroid dienone is 4. The minimum absolute atomic E-state index is 0.0140. The summed E-state index contributed by atoms with van der Waals surface area (Å²) in [5.41, 5.74) is 2.84. The van der Waals surface area contributed by atoms with Crippen LogP contribution in [0.1, 0.15) is 67.6 Å². The Balaban J connectivity index is 2.54. The molecule has 0 fully saturated rings. The smallest absolute Gasteiger partial charge is 0.200 e. The maximum Gasteiger partial charge on any atom is 0.200 e. The first kappa shape index (κ1) is 25.9. The van der Waals surface area contributed by atoms with Crippen molar-refractivity contribution in [3.05, 3.63) is 88.0 Å². The molecule has 0 aliphatic heterocycles. The third-order valence-electron chi connectivity index (χ3n) is 5.48. The Morgan fingerprint density at radius 2 is 1.48 bits per heavy atom. The van der Waals surface area contributed by atoms with Crippen LogP contribution in [0.25, 0.3) is 0 Å². The van der Waals surface area contributed by atoms with E-state index in [-0.39, 0.29) is 35.3 Å². The standard InChI is InChI=1S/C28H34O5/c1-17(2)10-9-11-19(5)23(29)16-22-26(31)21(15-14-18(3)4)27(32)24(28(22)33)25(30)20-12-7-6-8-13-20/h6-8,10,12-14,23,29,31-33H,5,9,11,15-16H2,1-4H3. The molecule has 4 N–H and O–H groups in total. The quantitative estimate of drug-likeness (QED) is 0.273. The number of aromatic hydroxyl groups is 3.